The molecule has 0 N–H and O–H groups in total. The van der Waals surface area contributed by atoms with Crippen LogP contribution in [0.25, 0.3) is 0 Å². The molecule has 0 unspecified atom stereocenters. The van der Waals surface area contributed by atoms with Crippen molar-refractivity contribution in [2.75, 3.05) is 0 Å². The predicted molar refractivity (Wildman–Crippen MR) is 17.9 cm³/mol. The maximum Gasteiger partial charge on any atom is 2.00 e. The summed E-state index contributed by atoms with van der Waals surface area (Å²) in [6.45, 7) is -1.00. The standard InChI is InChI=1S/2CH2O2.Pb/c2*2-1-3;/h2*1H,(H,2,3);/q;;+2/p-2. The molecule has 38 valence electrons. The molecule has 7 heavy (non-hydrogen) atoms. The molecule has 0 aromatic carbocycles. The van der Waals surface area contributed by atoms with Crippen molar-refractivity contribution in [2.45, 2.75) is 0 Å². The average molecular weight is 297 g/mol. The quantitative estimate of drug-likeness (QED) is 0.341. The molecule has 0 aromatic rings. The first-order valence-corrected chi connectivity index (χ1v) is 0.943. The summed E-state index contributed by atoms with van der Waals surface area (Å²) in [5.74, 6) is 0. The molecule has 0 aromatic heterocycles. The average Bonchev–Trinajstić information content (AvgIpc) is 1.39. The van der Waals surface area contributed by atoms with E-state index in [4.69, 9.17) is 19.8 Å². The van der Waals surface area contributed by atoms with Crippen LogP contribution in [-0.2, 0) is 9.59 Å². The van der Waals surface area contributed by atoms with Gasteiger partial charge in [-0.05, 0) is 0 Å². The van der Waals surface area contributed by atoms with E-state index in [1.165, 1.54) is 0 Å². The molecule has 4 nitrogen and oxygen atoms in total. The van der Waals surface area contributed by atoms with Crippen LogP contribution in [0.1, 0.15) is 0 Å². The normalized spacial score (nSPS) is 3.43. The Bertz CT molecular complexity index is 30.7. The van der Waals surface area contributed by atoms with Crippen LogP contribution in [0, 0.1) is 0 Å². The fourth-order valence-corrected chi connectivity index (χ4v) is 0. The summed E-state index contributed by atoms with van der Waals surface area (Å²) >= 11 is 0. The number of carbonyl (C=O) groups is 2. The van der Waals surface area contributed by atoms with Gasteiger partial charge in [0.2, 0.25) is 0 Å². The first-order chi connectivity index (χ1) is 2.83. The van der Waals surface area contributed by atoms with Gasteiger partial charge in [-0.1, -0.05) is 0 Å². The maximum atomic E-state index is 8.25. The zero-order valence-electron chi connectivity index (χ0n) is 3.29. The van der Waals surface area contributed by atoms with Crippen LogP contribution >= 0.6 is 0 Å². The summed E-state index contributed by atoms with van der Waals surface area (Å²) in [5, 5.41) is 16.5. The Balaban J connectivity index is -0.0000000400. The van der Waals surface area contributed by atoms with Gasteiger partial charge in [0, 0.05) is 12.9 Å². The monoisotopic (exact) mass is 298 g/mol. The molecule has 0 heterocycles. The smallest absolute Gasteiger partial charge is 0.554 e. The van der Waals surface area contributed by atoms with Crippen LogP contribution in [0.3, 0.4) is 0 Å². The zero-order chi connectivity index (χ0) is 5.41. The largest absolute Gasteiger partial charge is 2.00 e. The fraction of sp³-hybridized carbons (Fsp3) is 0. The second-order valence-corrected chi connectivity index (χ2v) is 0.192. The van der Waals surface area contributed by atoms with E-state index < -0.39 is 12.9 Å². The Labute approximate surface area is 60.3 Å². The second kappa shape index (κ2) is 40.0. The van der Waals surface area contributed by atoms with Gasteiger partial charge in [0.15, 0.2) is 0 Å². The Morgan fingerprint density at radius 3 is 1.00 bits per heavy atom. The second-order valence-electron chi connectivity index (χ2n) is 0.192. The molecule has 0 aliphatic rings. The van der Waals surface area contributed by atoms with E-state index in [0.29, 0.717) is 0 Å². The van der Waals surface area contributed by atoms with Crippen LogP contribution in [0.2, 0.25) is 0 Å². The third-order valence-corrected chi connectivity index (χ3v) is 0. The van der Waals surface area contributed by atoms with Gasteiger partial charge in [-0.15, -0.1) is 0 Å². The molecular weight excluding hydrogens is 295 g/mol. The number of carbonyl (C=O) groups excluding carboxylic acids is 2. The molecule has 0 atom stereocenters. The van der Waals surface area contributed by atoms with Crippen LogP contribution in [0.5, 0.6) is 0 Å². The Hall–Kier alpha value is -0.138. The topological polar surface area (TPSA) is 80.3 Å². The van der Waals surface area contributed by atoms with E-state index in [9.17, 15) is 0 Å². The van der Waals surface area contributed by atoms with E-state index in [2.05, 4.69) is 0 Å². The molecule has 0 fully saturated rings. The summed E-state index contributed by atoms with van der Waals surface area (Å²) in [5.41, 5.74) is 0. The summed E-state index contributed by atoms with van der Waals surface area (Å²) in [6, 6.07) is 0. The molecule has 0 rings (SSSR count). The molecule has 0 bridgehead atoms. The van der Waals surface area contributed by atoms with Crippen molar-refractivity contribution in [3.05, 3.63) is 0 Å². The number of hydrogen-bond acceptors (Lipinski definition) is 4. The Kier molecular flexibility index (Phi) is 90.3. The molecule has 0 spiro atoms. The summed E-state index contributed by atoms with van der Waals surface area (Å²) < 4.78 is 0. The van der Waals surface area contributed by atoms with Crippen LogP contribution < -0.4 is 10.2 Å². The van der Waals surface area contributed by atoms with Crippen molar-refractivity contribution in [2.24, 2.45) is 0 Å². The molecule has 2 radical (unpaired) electrons. The van der Waals surface area contributed by atoms with Gasteiger partial charge in [-0.25, -0.2) is 0 Å². The van der Waals surface area contributed by atoms with Crippen molar-refractivity contribution in [1.29, 1.82) is 0 Å². The fourth-order valence-electron chi connectivity index (χ4n) is 0. The Morgan fingerprint density at radius 1 is 1.00 bits per heavy atom. The first kappa shape index (κ1) is 15.8. The zero-order valence-corrected chi connectivity index (χ0v) is 7.18. The van der Waals surface area contributed by atoms with Crippen LogP contribution in [0.4, 0.5) is 0 Å². The van der Waals surface area contributed by atoms with Crippen molar-refractivity contribution < 1.29 is 19.8 Å². The maximum absolute atomic E-state index is 8.25. The summed E-state index contributed by atoms with van der Waals surface area (Å²) in [7, 11) is 0. The first-order valence-electron chi connectivity index (χ1n) is 0.943. The third kappa shape index (κ3) is 4600. The minimum absolute atomic E-state index is 0. The van der Waals surface area contributed by atoms with Crippen molar-refractivity contribution in [3.63, 3.8) is 0 Å². The molecular formula is C2H2O4Pb. The van der Waals surface area contributed by atoms with Gasteiger partial charge >= 0.3 is 27.3 Å². The minimum Gasteiger partial charge on any atom is -0.554 e. The molecule has 0 aliphatic heterocycles. The SMILES string of the molecule is O=C[O-].O=C[O-].[Pb+2]. The molecule has 0 saturated carbocycles. The van der Waals surface area contributed by atoms with E-state index in [1.54, 1.807) is 0 Å². The van der Waals surface area contributed by atoms with Crippen LogP contribution in [-0.4, -0.2) is 40.2 Å². The van der Waals surface area contributed by atoms with Gasteiger partial charge < -0.3 is 19.8 Å². The van der Waals surface area contributed by atoms with E-state index in [0.717, 1.165) is 0 Å². The summed E-state index contributed by atoms with van der Waals surface area (Å²) in [4.78, 5) is 16.5. The third-order valence-electron chi connectivity index (χ3n) is 0. The number of rotatable bonds is 0. The molecule has 0 saturated heterocycles. The van der Waals surface area contributed by atoms with Gasteiger partial charge in [0.25, 0.3) is 0 Å². The van der Waals surface area contributed by atoms with Gasteiger partial charge in [-0.2, -0.15) is 0 Å². The minimum atomic E-state index is -0.500. The number of carboxylic acid groups (broad SMARTS) is 2. The van der Waals surface area contributed by atoms with Crippen molar-refractivity contribution in [3.8, 4) is 0 Å². The van der Waals surface area contributed by atoms with Gasteiger partial charge in [0.05, 0.1) is 0 Å². The van der Waals surface area contributed by atoms with E-state index in [1.807, 2.05) is 0 Å². The predicted octanol–water partition coefficient (Wildman–Crippen LogP) is -3.65. The molecule has 0 amide bonds. The number of hydrogen-bond donors (Lipinski definition) is 0. The van der Waals surface area contributed by atoms with Crippen LogP contribution in [0.15, 0.2) is 0 Å². The van der Waals surface area contributed by atoms with Gasteiger partial charge in [0.1, 0.15) is 0 Å². The molecule has 5 heteroatoms. The Morgan fingerprint density at radius 2 is 1.00 bits per heavy atom. The van der Waals surface area contributed by atoms with Crippen molar-refractivity contribution in [1.82, 2.24) is 0 Å². The van der Waals surface area contributed by atoms with E-state index >= 15 is 0 Å². The van der Waals surface area contributed by atoms with Crippen molar-refractivity contribution >= 4 is 40.2 Å². The van der Waals surface area contributed by atoms with Gasteiger partial charge in [-0.3, -0.25) is 0 Å². The van der Waals surface area contributed by atoms with E-state index in [-0.39, 0.29) is 27.3 Å². The molecule has 0 aliphatic carbocycles. The summed E-state index contributed by atoms with van der Waals surface area (Å²) in [6.07, 6.45) is 0.